The van der Waals surface area contributed by atoms with Crippen LogP contribution in [0.1, 0.15) is 39.2 Å². The molecule has 0 aromatic heterocycles. The van der Waals surface area contributed by atoms with E-state index in [4.69, 9.17) is 4.74 Å². The van der Waals surface area contributed by atoms with E-state index in [1.807, 2.05) is 45.0 Å². The van der Waals surface area contributed by atoms with Crippen molar-refractivity contribution in [2.45, 2.75) is 51.2 Å². The Morgan fingerprint density at radius 3 is 2.39 bits per heavy atom. The van der Waals surface area contributed by atoms with Gasteiger partial charge in [0.1, 0.15) is 16.8 Å². The number of carbonyl (C=O) groups excluding carboxylic acids is 2. The number of hydrogen-bond donors (Lipinski definition) is 1. The first-order valence-electron chi connectivity index (χ1n) is 8.11. The molecule has 0 radical (unpaired) electrons. The monoisotopic (exact) mass is 316 g/mol. The molecule has 0 aliphatic carbocycles. The van der Waals surface area contributed by atoms with Crippen molar-refractivity contribution >= 4 is 11.8 Å². The van der Waals surface area contributed by atoms with E-state index in [1.54, 1.807) is 12.0 Å². The van der Waals surface area contributed by atoms with Crippen molar-refractivity contribution < 1.29 is 14.3 Å². The Hall–Kier alpha value is -2.04. The van der Waals surface area contributed by atoms with E-state index in [0.717, 1.165) is 17.7 Å². The lowest BCUT2D eigenvalue weighted by atomic mass is 9.67. The van der Waals surface area contributed by atoms with Gasteiger partial charge in [-0.25, -0.2) is 0 Å². The first kappa shape index (κ1) is 15.8. The van der Waals surface area contributed by atoms with Gasteiger partial charge >= 0.3 is 0 Å². The minimum Gasteiger partial charge on any atom is -0.497 e. The average Bonchev–Trinajstić information content (AvgIpc) is 2.52. The largest absolute Gasteiger partial charge is 0.497 e. The minimum absolute atomic E-state index is 0.0191. The molecule has 0 saturated carbocycles. The molecule has 2 amide bonds. The Kier molecular flexibility index (Phi) is 3.62. The lowest BCUT2D eigenvalue weighted by Crippen LogP contribution is -2.80. The third-order valence-electron chi connectivity index (χ3n) is 5.44. The van der Waals surface area contributed by atoms with Gasteiger partial charge < -0.3 is 15.0 Å². The molecule has 124 valence electrons. The van der Waals surface area contributed by atoms with Crippen molar-refractivity contribution in [2.75, 3.05) is 7.11 Å². The molecule has 2 unspecified atom stereocenters. The second kappa shape index (κ2) is 5.25. The molecule has 3 heterocycles. The van der Waals surface area contributed by atoms with E-state index in [2.05, 4.69) is 5.32 Å². The second-order valence-electron chi connectivity index (χ2n) is 7.10. The van der Waals surface area contributed by atoms with Crippen molar-refractivity contribution in [1.29, 1.82) is 0 Å². The van der Waals surface area contributed by atoms with Crippen molar-refractivity contribution in [1.82, 2.24) is 10.2 Å². The highest BCUT2D eigenvalue weighted by molar-refractivity contribution is 6.03. The van der Waals surface area contributed by atoms with Gasteiger partial charge in [-0.05, 0) is 43.4 Å². The van der Waals surface area contributed by atoms with Crippen molar-refractivity contribution in [2.24, 2.45) is 5.92 Å². The predicted molar refractivity (Wildman–Crippen MR) is 86.9 cm³/mol. The maximum Gasteiger partial charge on any atom is 0.249 e. The molecule has 23 heavy (non-hydrogen) atoms. The Morgan fingerprint density at radius 2 is 1.87 bits per heavy atom. The topological polar surface area (TPSA) is 58.6 Å². The molecule has 4 rings (SSSR count). The van der Waals surface area contributed by atoms with E-state index < -0.39 is 11.1 Å². The van der Waals surface area contributed by atoms with Crippen LogP contribution in [0, 0.1) is 5.92 Å². The summed E-state index contributed by atoms with van der Waals surface area (Å²) in [7, 11) is 1.63. The number of hydrogen-bond acceptors (Lipinski definition) is 3. The van der Waals surface area contributed by atoms with Gasteiger partial charge in [0, 0.05) is 6.54 Å². The van der Waals surface area contributed by atoms with Gasteiger partial charge in [0.15, 0.2) is 0 Å². The summed E-state index contributed by atoms with van der Waals surface area (Å²) in [5, 5.41) is 2.95. The molecule has 3 fully saturated rings. The first-order valence-corrected chi connectivity index (χ1v) is 8.11. The highest BCUT2D eigenvalue weighted by Crippen LogP contribution is 2.44. The third kappa shape index (κ3) is 2.21. The van der Waals surface area contributed by atoms with E-state index >= 15 is 0 Å². The summed E-state index contributed by atoms with van der Waals surface area (Å²) in [6, 6.07) is 7.66. The smallest absolute Gasteiger partial charge is 0.249 e. The van der Waals surface area contributed by atoms with E-state index in [9.17, 15) is 9.59 Å². The van der Waals surface area contributed by atoms with Crippen LogP contribution in [0.5, 0.6) is 5.75 Å². The zero-order chi connectivity index (χ0) is 16.8. The van der Waals surface area contributed by atoms with Crippen molar-refractivity contribution in [3.63, 3.8) is 0 Å². The number of methoxy groups -OCH3 is 1. The fourth-order valence-corrected chi connectivity index (χ4v) is 3.86. The Balaban J connectivity index is 1.97. The Labute approximate surface area is 137 Å². The van der Waals surface area contributed by atoms with Crippen LogP contribution in [0.25, 0.3) is 0 Å². The second-order valence-corrected chi connectivity index (χ2v) is 7.10. The standard InChI is InChI=1S/C18H24N2O3/c1-12(2)18-10-9-17(3,19-15(18)21)16(22)20(18)11-13-5-7-14(23-4)8-6-13/h5-8,12H,9-11H2,1-4H3,(H,19,21). The van der Waals surface area contributed by atoms with Gasteiger partial charge in [0.2, 0.25) is 11.8 Å². The summed E-state index contributed by atoms with van der Waals surface area (Å²) in [5.74, 6) is 0.847. The van der Waals surface area contributed by atoms with Crippen molar-refractivity contribution in [3.8, 4) is 5.75 Å². The SMILES string of the molecule is COc1ccc(CN2C(=O)C3(C)CCC2(C(C)C)C(=O)N3)cc1. The zero-order valence-corrected chi connectivity index (χ0v) is 14.2. The molecule has 5 heteroatoms. The zero-order valence-electron chi connectivity index (χ0n) is 14.2. The van der Waals surface area contributed by atoms with Crippen molar-refractivity contribution in [3.05, 3.63) is 29.8 Å². The molecule has 1 aromatic carbocycles. The molecule has 1 aromatic rings. The predicted octanol–water partition coefficient (Wildman–Crippen LogP) is 2.10. The number of piperidine rings is 2. The summed E-state index contributed by atoms with van der Waals surface area (Å²) in [6.07, 6.45) is 1.42. The molecule has 0 spiro atoms. The van der Waals surface area contributed by atoms with Gasteiger partial charge in [-0.1, -0.05) is 26.0 Å². The molecule has 2 atom stereocenters. The Morgan fingerprint density at radius 1 is 1.22 bits per heavy atom. The minimum atomic E-state index is -0.764. The van der Waals surface area contributed by atoms with Gasteiger partial charge in [-0.3, -0.25) is 9.59 Å². The molecular formula is C18H24N2O3. The van der Waals surface area contributed by atoms with Crippen LogP contribution in [0.2, 0.25) is 0 Å². The first-order chi connectivity index (χ1) is 10.8. The number of ether oxygens (including phenoxy) is 1. The van der Waals surface area contributed by atoms with Crippen LogP contribution in [0.3, 0.4) is 0 Å². The maximum absolute atomic E-state index is 13.0. The van der Waals surface area contributed by atoms with E-state index in [-0.39, 0.29) is 17.7 Å². The number of nitrogens with one attached hydrogen (secondary N) is 1. The van der Waals surface area contributed by atoms with Crippen LogP contribution >= 0.6 is 0 Å². The van der Waals surface area contributed by atoms with Crippen LogP contribution < -0.4 is 10.1 Å². The number of nitrogens with zero attached hydrogens (tertiary/aromatic N) is 1. The average molecular weight is 316 g/mol. The number of benzene rings is 1. The highest BCUT2D eigenvalue weighted by atomic mass is 16.5. The number of carbonyl (C=O) groups is 2. The quantitative estimate of drug-likeness (QED) is 0.925. The molecule has 3 aliphatic rings. The lowest BCUT2D eigenvalue weighted by Gasteiger charge is -2.58. The fourth-order valence-electron chi connectivity index (χ4n) is 3.86. The van der Waals surface area contributed by atoms with Crippen LogP contribution in [0.15, 0.2) is 24.3 Å². The number of amides is 2. The van der Waals surface area contributed by atoms with Crippen LogP contribution in [0.4, 0.5) is 0 Å². The Bertz CT molecular complexity index is 640. The van der Waals surface area contributed by atoms with E-state index in [1.165, 1.54) is 0 Å². The van der Waals surface area contributed by atoms with Gasteiger partial charge in [0.05, 0.1) is 7.11 Å². The van der Waals surface area contributed by atoms with Gasteiger partial charge in [-0.2, -0.15) is 0 Å². The maximum atomic E-state index is 13.0. The summed E-state index contributed by atoms with van der Waals surface area (Å²) in [5.41, 5.74) is -0.502. The number of rotatable bonds is 4. The molecule has 1 N–H and O–H groups in total. The molecule has 3 aliphatic heterocycles. The molecule has 2 bridgehead atoms. The summed E-state index contributed by atoms with van der Waals surface area (Å²) in [4.78, 5) is 27.5. The normalized spacial score (nSPS) is 29.9. The summed E-state index contributed by atoms with van der Waals surface area (Å²) in [6.45, 7) is 6.31. The fraction of sp³-hybridized carbons (Fsp3) is 0.556. The lowest BCUT2D eigenvalue weighted by molar-refractivity contribution is -0.176. The van der Waals surface area contributed by atoms with Gasteiger partial charge in [-0.15, -0.1) is 0 Å². The number of piperazine rings is 1. The summed E-state index contributed by atoms with van der Waals surface area (Å²) >= 11 is 0. The summed E-state index contributed by atoms with van der Waals surface area (Å²) < 4.78 is 5.18. The van der Waals surface area contributed by atoms with E-state index in [0.29, 0.717) is 13.0 Å². The molecule has 3 saturated heterocycles. The number of fused-ring (bicyclic) bond motifs is 3. The highest BCUT2D eigenvalue weighted by Gasteiger charge is 2.62. The van der Waals surface area contributed by atoms with Gasteiger partial charge in [0.25, 0.3) is 0 Å². The molecule has 5 nitrogen and oxygen atoms in total. The van der Waals surface area contributed by atoms with Crippen LogP contribution in [-0.2, 0) is 16.1 Å². The van der Waals surface area contributed by atoms with Crippen LogP contribution in [-0.4, -0.2) is 34.9 Å². The molecular weight excluding hydrogens is 292 g/mol. The third-order valence-corrected chi connectivity index (χ3v) is 5.44.